The van der Waals surface area contributed by atoms with Gasteiger partial charge < -0.3 is 8.85 Å². The molecule has 0 atom stereocenters. The van der Waals surface area contributed by atoms with Crippen molar-refractivity contribution in [1.29, 1.82) is 0 Å². The molecular weight excluding hydrogens is 308 g/mol. The van der Waals surface area contributed by atoms with Gasteiger partial charge in [-0.1, -0.05) is 27.7 Å². The molecule has 6 nitrogen and oxygen atoms in total. The van der Waals surface area contributed by atoms with Gasteiger partial charge in [0.1, 0.15) is 11.6 Å². The van der Waals surface area contributed by atoms with Gasteiger partial charge >= 0.3 is 10.0 Å². The van der Waals surface area contributed by atoms with Gasteiger partial charge in [-0.15, -0.1) is 0 Å². The molecule has 23 heavy (non-hydrogen) atoms. The molecule has 0 saturated carbocycles. The Morgan fingerprint density at radius 2 is 1.13 bits per heavy atom. The lowest BCUT2D eigenvalue weighted by atomic mass is 10.2. The summed E-state index contributed by atoms with van der Waals surface area (Å²) in [4.78, 5) is 17.6. The molecule has 2 aromatic rings. The Bertz CT molecular complexity index is 620. The van der Waals surface area contributed by atoms with Crippen molar-refractivity contribution in [1.82, 2.24) is 19.9 Å². The maximum atomic E-state index is 5.62. The van der Waals surface area contributed by atoms with Crippen LogP contribution in [0.4, 0.5) is 0 Å². The summed E-state index contributed by atoms with van der Waals surface area (Å²) in [7, 11) is -0.221. The van der Waals surface area contributed by atoms with E-state index in [1.165, 1.54) is 0 Å². The zero-order valence-electron chi connectivity index (χ0n) is 14.4. The van der Waals surface area contributed by atoms with E-state index in [2.05, 4.69) is 47.6 Å². The minimum Gasteiger partial charge on any atom is -0.493 e. The van der Waals surface area contributed by atoms with Crippen LogP contribution < -0.4 is 8.85 Å². The molecule has 2 rings (SSSR count). The molecule has 0 unspecified atom stereocenters. The van der Waals surface area contributed by atoms with Crippen molar-refractivity contribution in [2.45, 2.75) is 53.4 Å². The highest BCUT2D eigenvalue weighted by molar-refractivity contribution is 6.20. The SMILES string of the molecule is Cc1cc(O[Si]Oc2cc(C)nc(C(C)C)n2)nc(C(C)C)n1. The van der Waals surface area contributed by atoms with Crippen molar-refractivity contribution in [2.75, 3.05) is 0 Å². The largest absolute Gasteiger partial charge is 0.612 e. The van der Waals surface area contributed by atoms with Crippen LogP contribution in [0, 0.1) is 13.8 Å². The quantitative estimate of drug-likeness (QED) is 0.758. The van der Waals surface area contributed by atoms with E-state index in [4.69, 9.17) is 8.85 Å². The first-order chi connectivity index (χ1) is 10.8. The fourth-order valence-corrected chi connectivity index (χ4v) is 2.27. The first-order valence-electron chi connectivity index (χ1n) is 7.65. The molecule has 2 heterocycles. The monoisotopic (exact) mass is 330 g/mol. The predicted octanol–water partition coefficient (Wildman–Crippen LogP) is 3.12. The summed E-state index contributed by atoms with van der Waals surface area (Å²) in [5.74, 6) is 3.08. The van der Waals surface area contributed by atoms with Crippen molar-refractivity contribution >= 4 is 10.0 Å². The van der Waals surface area contributed by atoms with E-state index in [0.717, 1.165) is 23.0 Å². The van der Waals surface area contributed by atoms with Gasteiger partial charge in [-0.3, -0.25) is 0 Å². The van der Waals surface area contributed by atoms with Crippen LogP contribution in [0.15, 0.2) is 12.1 Å². The second-order valence-electron chi connectivity index (χ2n) is 6.01. The number of hydrogen-bond donors (Lipinski definition) is 0. The molecule has 0 aliphatic rings. The standard InChI is InChI=1S/C16H22N4O2Si/c1-9(2)15-17-11(5)7-13(19-15)21-23-22-14-8-12(6)18-16(20-14)10(3)4/h7-10H,1-6H3. The van der Waals surface area contributed by atoms with Crippen LogP contribution in [0.25, 0.3) is 0 Å². The Morgan fingerprint density at radius 3 is 1.48 bits per heavy atom. The van der Waals surface area contributed by atoms with Crippen molar-refractivity contribution in [2.24, 2.45) is 0 Å². The molecule has 0 aliphatic heterocycles. The zero-order valence-corrected chi connectivity index (χ0v) is 15.4. The van der Waals surface area contributed by atoms with Crippen LogP contribution in [0.3, 0.4) is 0 Å². The molecule has 2 aromatic heterocycles. The van der Waals surface area contributed by atoms with Crippen LogP contribution in [0.1, 0.15) is 62.6 Å². The number of rotatable bonds is 6. The summed E-state index contributed by atoms with van der Waals surface area (Å²) in [6.45, 7) is 12.0. The van der Waals surface area contributed by atoms with E-state index < -0.39 is 0 Å². The molecule has 0 N–H and O–H groups in total. The van der Waals surface area contributed by atoms with E-state index in [0.29, 0.717) is 11.8 Å². The van der Waals surface area contributed by atoms with Crippen LogP contribution in [-0.4, -0.2) is 29.9 Å². The zero-order chi connectivity index (χ0) is 17.0. The van der Waals surface area contributed by atoms with Gasteiger partial charge in [0, 0.05) is 35.4 Å². The maximum absolute atomic E-state index is 5.62. The van der Waals surface area contributed by atoms with Gasteiger partial charge in [0.15, 0.2) is 0 Å². The van der Waals surface area contributed by atoms with Gasteiger partial charge in [-0.25, -0.2) is 9.97 Å². The Labute approximate surface area is 139 Å². The third-order valence-electron chi connectivity index (χ3n) is 3.02. The van der Waals surface area contributed by atoms with Gasteiger partial charge in [0.2, 0.25) is 11.8 Å². The second-order valence-corrected chi connectivity index (χ2v) is 6.58. The minimum absolute atomic E-state index is 0.221. The lowest BCUT2D eigenvalue weighted by Gasteiger charge is -2.10. The fourth-order valence-electron chi connectivity index (χ4n) is 1.85. The van der Waals surface area contributed by atoms with Crippen molar-refractivity contribution in [3.8, 4) is 11.8 Å². The van der Waals surface area contributed by atoms with Crippen LogP contribution in [-0.2, 0) is 0 Å². The summed E-state index contributed by atoms with van der Waals surface area (Å²) in [6, 6.07) is 3.60. The number of hydrogen-bond acceptors (Lipinski definition) is 6. The van der Waals surface area contributed by atoms with Crippen molar-refractivity contribution < 1.29 is 8.85 Å². The Morgan fingerprint density at radius 1 is 0.739 bits per heavy atom. The first kappa shape index (κ1) is 17.3. The van der Waals surface area contributed by atoms with E-state index in [1.54, 1.807) is 12.1 Å². The third kappa shape index (κ3) is 4.99. The van der Waals surface area contributed by atoms with Gasteiger partial charge in [0.05, 0.1) is 0 Å². The van der Waals surface area contributed by atoms with Crippen molar-refractivity contribution in [3.63, 3.8) is 0 Å². The molecule has 0 spiro atoms. The maximum Gasteiger partial charge on any atom is 0.612 e. The molecule has 0 aliphatic carbocycles. The van der Waals surface area contributed by atoms with Gasteiger partial charge in [0.25, 0.3) is 0 Å². The molecule has 0 amide bonds. The molecule has 0 saturated heterocycles. The van der Waals surface area contributed by atoms with E-state index in [-0.39, 0.29) is 21.8 Å². The van der Waals surface area contributed by atoms with Crippen LogP contribution in [0.5, 0.6) is 11.8 Å². The Hall–Kier alpha value is -2.02. The molecule has 2 radical (unpaired) electrons. The van der Waals surface area contributed by atoms with Crippen LogP contribution >= 0.6 is 0 Å². The molecule has 122 valence electrons. The van der Waals surface area contributed by atoms with Crippen LogP contribution in [0.2, 0.25) is 0 Å². The predicted molar refractivity (Wildman–Crippen MR) is 88.7 cm³/mol. The second kappa shape index (κ2) is 7.50. The van der Waals surface area contributed by atoms with Gasteiger partial charge in [-0.05, 0) is 13.8 Å². The summed E-state index contributed by atoms with van der Waals surface area (Å²) in [5, 5.41) is 0. The minimum atomic E-state index is -0.221. The Kier molecular flexibility index (Phi) is 5.65. The van der Waals surface area contributed by atoms with E-state index >= 15 is 0 Å². The number of nitrogens with zero attached hydrogens (tertiary/aromatic N) is 4. The highest BCUT2D eigenvalue weighted by Gasteiger charge is 2.11. The topological polar surface area (TPSA) is 70.0 Å². The lowest BCUT2D eigenvalue weighted by Crippen LogP contribution is -2.15. The van der Waals surface area contributed by atoms with Gasteiger partial charge in [-0.2, -0.15) is 9.97 Å². The smallest absolute Gasteiger partial charge is 0.493 e. The number of aryl methyl sites for hydroxylation is 2. The first-order valence-corrected chi connectivity index (χ1v) is 8.46. The molecule has 0 fully saturated rings. The molecular formula is C16H22N4O2Si. The van der Waals surface area contributed by atoms with E-state index in [1.807, 2.05) is 13.8 Å². The summed E-state index contributed by atoms with van der Waals surface area (Å²) in [5.41, 5.74) is 1.76. The third-order valence-corrected chi connectivity index (χ3v) is 3.61. The highest BCUT2D eigenvalue weighted by atomic mass is 28.3. The number of aromatic nitrogens is 4. The Balaban J connectivity index is 2.03. The average molecular weight is 330 g/mol. The molecule has 0 bridgehead atoms. The fraction of sp³-hybridized carbons (Fsp3) is 0.500. The lowest BCUT2D eigenvalue weighted by molar-refractivity contribution is 0.432. The normalized spacial score (nSPS) is 11.1. The summed E-state index contributed by atoms with van der Waals surface area (Å²) >= 11 is 0. The van der Waals surface area contributed by atoms with Crippen molar-refractivity contribution in [3.05, 3.63) is 35.2 Å². The highest BCUT2D eigenvalue weighted by Crippen LogP contribution is 2.17. The molecule has 0 aromatic carbocycles. The average Bonchev–Trinajstić information content (AvgIpc) is 2.46. The summed E-state index contributed by atoms with van der Waals surface area (Å²) < 4.78 is 11.2. The summed E-state index contributed by atoms with van der Waals surface area (Å²) in [6.07, 6.45) is 0. The van der Waals surface area contributed by atoms with E-state index in [9.17, 15) is 0 Å². The molecule has 7 heteroatoms.